The molecule has 158 valence electrons. The molecule has 1 aliphatic heterocycles. The smallest absolute Gasteiger partial charge is 0.261 e. The number of rotatable bonds is 5. The number of aliphatic hydroxyl groups excluding tert-OH is 2. The number of methoxy groups -OCH3 is 1. The van der Waals surface area contributed by atoms with E-state index in [0.29, 0.717) is 0 Å². The molecule has 1 saturated heterocycles. The minimum atomic E-state index is -2.92. The zero-order chi connectivity index (χ0) is 21.2. The average Bonchev–Trinajstić information content (AvgIpc) is 2.71. The molecule has 5 nitrogen and oxygen atoms in total. The van der Waals surface area contributed by atoms with Crippen LogP contribution in [-0.4, -0.2) is 56.3 Å². The minimum Gasteiger partial charge on any atom is -0.396 e. The summed E-state index contributed by atoms with van der Waals surface area (Å²) in [4.78, 5) is 0. The van der Waals surface area contributed by atoms with Gasteiger partial charge in [0.25, 0.3) is 8.32 Å². The van der Waals surface area contributed by atoms with E-state index in [1.54, 1.807) is 6.92 Å². The molecule has 0 radical (unpaired) electrons. The van der Waals surface area contributed by atoms with E-state index in [-0.39, 0.29) is 5.04 Å². The van der Waals surface area contributed by atoms with Crippen molar-refractivity contribution in [2.24, 2.45) is 0 Å². The maximum Gasteiger partial charge on any atom is 0.261 e. The molecular weight excluding hydrogens is 384 g/mol. The summed E-state index contributed by atoms with van der Waals surface area (Å²) >= 11 is 0. The van der Waals surface area contributed by atoms with Crippen LogP contribution in [0.4, 0.5) is 0 Å². The monoisotopic (exact) mass is 416 g/mol. The molecule has 1 fully saturated rings. The highest BCUT2D eigenvalue weighted by Gasteiger charge is 2.55. The third-order valence-corrected chi connectivity index (χ3v) is 10.8. The Hall–Kier alpha value is -1.54. The van der Waals surface area contributed by atoms with Gasteiger partial charge in [-0.3, -0.25) is 0 Å². The van der Waals surface area contributed by atoms with Crippen molar-refractivity contribution in [1.82, 2.24) is 0 Å². The molecule has 3 rings (SSSR count). The second-order valence-electron chi connectivity index (χ2n) is 8.67. The standard InChI is InChI=1S/C23H32O5Si/c1-16-19(24)20(25)21(22(26-5)27-16)28-29(23(2,3)4,17-12-8-6-9-13-17)18-14-10-7-11-15-18/h6-16,19-22,24-25H,1-5H3/t16-,19-,20+,21+,22+/m0/s1. The van der Waals surface area contributed by atoms with Crippen molar-refractivity contribution in [2.45, 2.75) is 63.4 Å². The van der Waals surface area contributed by atoms with Gasteiger partial charge >= 0.3 is 0 Å². The van der Waals surface area contributed by atoms with Crippen LogP contribution in [0.15, 0.2) is 60.7 Å². The first-order valence-electron chi connectivity index (χ1n) is 10.1. The molecule has 0 saturated carbocycles. The van der Waals surface area contributed by atoms with Crippen LogP contribution in [0.2, 0.25) is 5.04 Å². The van der Waals surface area contributed by atoms with Crippen molar-refractivity contribution in [3.05, 3.63) is 60.7 Å². The van der Waals surface area contributed by atoms with Gasteiger partial charge in [0.1, 0.15) is 18.3 Å². The molecular formula is C23H32O5Si. The van der Waals surface area contributed by atoms with Crippen LogP contribution in [0.1, 0.15) is 27.7 Å². The average molecular weight is 417 g/mol. The third kappa shape index (κ3) is 4.06. The lowest BCUT2D eigenvalue weighted by molar-refractivity contribution is -0.281. The van der Waals surface area contributed by atoms with E-state index in [0.717, 1.165) is 10.4 Å². The second-order valence-corrected chi connectivity index (χ2v) is 12.9. The molecule has 29 heavy (non-hydrogen) atoms. The lowest BCUT2D eigenvalue weighted by Crippen LogP contribution is -2.71. The molecule has 1 heterocycles. The van der Waals surface area contributed by atoms with Gasteiger partial charge in [0, 0.05) is 7.11 Å². The largest absolute Gasteiger partial charge is 0.396 e. The van der Waals surface area contributed by atoms with Crippen molar-refractivity contribution in [2.75, 3.05) is 7.11 Å². The predicted molar refractivity (Wildman–Crippen MR) is 116 cm³/mol. The van der Waals surface area contributed by atoms with Crippen molar-refractivity contribution < 1.29 is 24.1 Å². The first-order chi connectivity index (χ1) is 13.7. The fourth-order valence-electron chi connectivity index (χ4n) is 4.21. The third-order valence-electron chi connectivity index (χ3n) is 5.75. The molecule has 2 aromatic carbocycles. The summed E-state index contributed by atoms with van der Waals surface area (Å²) in [5.41, 5.74) is 0. The Labute approximate surface area is 174 Å². The summed E-state index contributed by atoms with van der Waals surface area (Å²) in [5.74, 6) is 0. The fourth-order valence-corrected chi connectivity index (χ4v) is 8.89. The molecule has 6 heteroatoms. The van der Waals surface area contributed by atoms with Gasteiger partial charge in [-0.2, -0.15) is 0 Å². The van der Waals surface area contributed by atoms with Gasteiger partial charge in [-0.05, 0) is 22.3 Å². The first kappa shape index (κ1) is 22.1. The summed E-state index contributed by atoms with van der Waals surface area (Å²) in [5, 5.41) is 23.3. The molecule has 2 aromatic rings. The van der Waals surface area contributed by atoms with Gasteiger partial charge in [0.15, 0.2) is 6.29 Å². The number of aliphatic hydroxyl groups is 2. The molecule has 0 aliphatic carbocycles. The number of benzene rings is 2. The quantitative estimate of drug-likeness (QED) is 0.730. The van der Waals surface area contributed by atoms with Crippen LogP contribution >= 0.6 is 0 Å². The van der Waals surface area contributed by atoms with Crippen LogP contribution < -0.4 is 10.4 Å². The van der Waals surface area contributed by atoms with Gasteiger partial charge in [-0.15, -0.1) is 0 Å². The summed E-state index contributed by atoms with van der Waals surface area (Å²) in [7, 11) is -1.39. The maximum absolute atomic E-state index is 10.9. The molecule has 0 amide bonds. The minimum absolute atomic E-state index is 0.262. The number of ether oxygens (including phenoxy) is 2. The Balaban J connectivity index is 2.18. The molecule has 0 aromatic heterocycles. The highest BCUT2D eigenvalue weighted by Crippen LogP contribution is 2.39. The summed E-state index contributed by atoms with van der Waals surface area (Å²) in [6.45, 7) is 8.21. The normalized spacial score (nSPS) is 28.3. The lowest BCUT2D eigenvalue weighted by atomic mass is 10.0. The Kier molecular flexibility index (Phi) is 6.63. The highest BCUT2D eigenvalue weighted by atomic mass is 28.4. The predicted octanol–water partition coefficient (Wildman–Crippen LogP) is 2.04. The summed E-state index contributed by atoms with van der Waals surface area (Å²) in [6.07, 6.45) is -4.31. The molecule has 0 spiro atoms. The van der Waals surface area contributed by atoms with Gasteiger partial charge < -0.3 is 24.1 Å². The van der Waals surface area contributed by atoms with E-state index in [2.05, 4.69) is 45.0 Å². The summed E-state index contributed by atoms with van der Waals surface area (Å²) < 4.78 is 18.3. The van der Waals surface area contributed by atoms with Gasteiger partial charge in [-0.25, -0.2) is 0 Å². The van der Waals surface area contributed by atoms with Gasteiger partial charge in [0.2, 0.25) is 0 Å². The van der Waals surface area contributed by atoms with E-state index in [4.69, 9.17) is 13.9 Å². The van der Waals surface area contributed by atoms with Crippen molar-refractivity contribution in [3.8, 4) is 0 Å². The van der Waals surface area contributed by atoms with Crippen LogP contribution in [0, 0.1) is 0 Å². The Morgan fingerprint density at radius 1 is 0.862 bits per heavy atom. The van der Waals surface area contributed by atoms with Crippen LogP contribution in [0.5, 0.6) is 0 Å². The van der Waals surface area contributed by atoms with Gasteiger partial charge in [-0.1, -0.05) is 81.4 Å². The fraction of sp³-hybridized carbons (Fsp3) is 0.478. The SMILES string of the molecule is CO[C@@H]1O[C@@H](C)[C@H](O)[C@@H](O)[C@H]1O[Si](c1ccccc1)(c1ccccc1)C(C)(C)C. The van der Waals surface area contributed by atoms with Crippen LogP contribution in [0.25, 0.3) is 0 Å². The zero-order valence-corrected chi connectivity index (χ0v) is 18.8. The molecule has 0 unspecified atom stereocenters. The Morgan fingerprint density at radius 3 is 1.76 bits per heavy atom. The van der Waals surface area contributed by atoms with E-state index < -0.39 is 39.0 Å². The maximum atomic E-state index is 10.9. The second kappa shape index (κ2) is 8.68. The number of hydrogen-bond acceptors (Lipinski definition) is 5. The molecule has 5 atom stereocenters. The van der Waals surface area contributed by atoms with Crippen molar-refractivity contribution >= 4 is 18.7 Å². The van der Waals surface area contributed by atoms with E-state index in [1.807, 2.05) is 36.4 Å². The first-order valence-corrected chi connectivity index (χ1v) is 12.0. The van der Waals surface area contributed by atoms with E-state index in [9.17, 15) is 10.2 Å². The van der Waals surface area contributed by atoms with E-state index in [1.165, 1.54) is 7.11 Å². The molecule has 1 aliphatic rings. The lowest BCUT2D eigenvalue weighted by Gasteiger charge is -2.49. The molecule has 2 N–H and O–H groups in total. The number of hydrogen-bond donors (Lipinski definition) is 2. The Morgan fingerprint density at radius 2 is 1.34 bits per heavy atom. The summed E-state index contributed by atoms with van der Waals surface area (Å²) in [6, 6.07) is 20.3. The highest BCUT2D eigenvalue weighted by molar-refractivity contribution is 6.99. The van der Waals surface area contributed by atoms with E-state index >= 15 is 0 Å². The Bertz CT molecular complexity index is 735. The topological polar surface area (TPSA) is 68.2 Å². The van der Waals surface area contributed by atoms with Crippen molar-refractivity contribution in [3.63, 3.8) is 0 Å². The zero-order valence-electron chi connectivity index (χ0n) is 17.8. The van der Waals surface area contributed by atoms with Crippen LogP contribution in [0.3, 0.4) is 0 Å². The van der Waals surface area contributed by atoms with Gasteiger partial charge in [0.05, 0.1) is 6.10 Å². The van der Waals surface area contributed by atoms with Crippen molar-refractivity contribution in [1.29, 1.82) is 0 Å². The van der Waals surface area contributed by atoms with Crippen LogP contribution in [-0.2, 0) is 13.9 Å². The molecule has 0 bridgehead atoms.